The molecule has 1 N–H and O–H groups in total. The fourth-order valence-electron chi connectivity index (χ4n) is 3.03. The highest BCUT2D eigenvalue weighted by Gasteiger charge is 2.19. The van der Waals surface area contributed by atoms with E-state index in [4.69, 9.17) is 4.74 Å². The van der Waals surface area contributed by atoms with E-state index in [0.29, 0.717) is 17.9 Å². The Morgan fingerprint density at radius 2 is 1.85 bits per heavy atom. The molecule has 1 aliphatic heterocycles. The van der Waals surface area contributed by atoms with E-state index in [2.05, 4.69) is 5.32 Å². The maximum atomic E-state index is 12.4. The van der Waals surface area contributed by atoms with Crippen LogP contribution in [0.3, 0.4) is 0 Å². The highest BCUT2D eigenvalue weighted by atomic mass is 16.5. The van der Waals surface area contributed by atoms with Crippen LogP contribution in [0, 0.1) is 6.92 Å². The van der Waals surface area contributed by atoms with Crippen LogP contribution in [0.15, 0.2) is 48.5 Å². The number of hydrogen-bond donors (Lipinski definition) is 1. The molecule has 0 unspecified atom stereocenters. The van der Waals surface area contributed by atoms with E-state index in [9.17, 15) is 9.59 Å². The number of nitrogens with zero attached hydrogens (tertiary/aromatic N) is 1. The normalized spacial score (nSPS) is 13.5. The molecule has 26 heavy (non-hydrogen) atoms. The molecule has 0 atom stereocenters. The monoisotopic (exact) mass is 352 g/mol. The zero-order valence-electron chi connectivity index (χ0n) is 15.0. The van der Waals surface area contributed by atoms with Crippen molar-refractivity contribution in [3.8, 4) is 5.75 Å². The first-order valence-corrected chi connectivity index (χ1v) is 8.97. The number of likely N-dealkylation sites (tertiary alicyclic amines) is 1. The lowest BCUT2D eigenvalue weighted by molar-refractivity contribution is -0.123. The van der Waals surface area contributed by atoms with Gasteiger partial charge in [0.2, 0.25) is 0 Å². The lowest BCUT2D eigenvalue weighted by atomic mass is 10.1. The molecule has 0 radical (unpaired) electrons. The molecule has 2 aromatic carbocycles. The van der Waals surface area contributed by atoms with E-state index >= 15 is 0 Å². The number of nitrogens with one attached hydrogen (secondary N) is 1. The van der Waals surface area contributed by atoms with Crippen molar-refractivity contribution in [1.82, 2.24) is 10.2 Å². The van der Waals surface area contributed by atoms with E-state index in [1.165, 1.54) is 0 Å². The fourth-order valence-corrected chi connectivity index (χ4v) is 3.03. The van der Waals surface area contributed by atoms with Crippen molar-refractivity contribution >= 4 is 11.8 Å². The summed E-state index contributed by atoms with van der Waals surface area (Å²) in [5, 5.41) is 2.84. The zero-order valence-corrected chi connectivity index (χ0v) is 15.0. The predicted molar refractivity (Wildman–Crippen MR) is 100 cm³/mol. The second-order valence-corrected chi connectivity index (χ2v) is 6.53. The van der Waals surface area contributed by atoms with Gasteiger partial charge in [-0.2, -0.15) is 0 Å². The number of carbonyl (C=O) groups is 2. The Labute approximate surface area is 154 Å². The molecule has 2 amide bonds. The maximum absolute atomic E-state index is 12.4. The molecule has 5 heteroatoms. The summed E-state index contributed by atoms with van der Waals surface area (Å²) in [5.41, 5.74) is 2.57. The van der Waals surface area contributed by atoms with Crippen molar-refractivity contribution < 1.29 is 14.3 Å². The first-order chi connectivity index (χ1) is 12.6. The number of hydrogen-bond acceptors (Lipinski definition) is 3. The smallest absolute Gasteiger partial charge is 0.258 e. The number of rotatable bonds is 6. The number of carbonyl (C=O) groups excluding carboxylic acids is 2. The number of amides is 2. The lowest BCUT2D eigenvalue weighted by Gasteiger charge is -2.15. The summed E-state index contributed by atoms with van der Waals surface area (Å²) in [6, 6.07) is 15.0. The second kappa shape index (κ2) is 8.52. The van der Waals surface area contributed by atoms with Gasteiger partial charge in [0.25, 0.3) is 11.8 Å². The van der Waals surface area contributed by atoms with Gasteiger partial charge in [-0.15, -0.1) is 0 Å². The van der Waals surface area contributed by atoms with Gasteiger partial charge in [-0.05, 0) is 49.1 Å². The average molecular weight is 352 g/mol. The summed E-state index contributed by atoms with van der Waals surface area (Å²) in [5.74, 6) is 0.587. The van der Waals surface area contributed by atoms with E-state index in [-0.39, 0.29) is 18.4 Å². The quantitative estimate of drug-likeness (QED) is 0.870. The van der Waals surface area contributed by atoms with Gasteiger partial charge >= 0.3 is 0 Å². The largest absolute Gasteiger partial charge is 0.484 e. The minimum Gasteiger partial charge on any atom is -0.484 e. The van der Waals surface area contributed by atoms with Crippen LogP contribution in [0.1, 0.15) is 34.3 Å². The Balaban J connectivity index is 1.51. The first kappa shape index (κ1) is 18.0. The number of aryl methyl sites for hydroxylation is 1. The van der Waals surface area contributed by atoms with E-state index in [1.807, 2.05) is 60.4 Å². The molecule has 1 aliphatic rings. The van der Waals surface area contributed by atoms with Crippen LogP contribution in [0.4, 0.5) is 0 Å². The maximum Gasteiger partial charge on any atom is 0.258 e. The Morgan fingerprint density at radius 3 is 2.62 bits per heavy atom. The van der Waals surface area contributed by atoms with Crippen molar-refractivity contribution in [3.63, 3.8) is 0 Å². The summed E-state index contributed by atoms with van der Waals surface area (Å²) >= 11 is 0. The van der Waals surface area contributed by atoms with Crippen LogP contribution in [0.5, 0.6) is 5.75 Å². The molecule has 2 aromatic rings. The topological polar surface area (TPSA) is 58.6 Å². The Kier molecular flexibility index (Phi) is 5.89. The van der Waals surface area contributed by atoms with E-state index in [0.717, 1.165) is 37.1 Å². The minimum atomic E-state index is -0.190. The summed E-state index contributed by atoms with van der Waals surface area (Å²) in [6.07, 6.45) is 2.14. The van der Waals surface area contributed by atoms with Crippen LogP contribution >= 0.6 is 0 Å². The summed E-state index contributed by atoms with van der Waals surface area (Å²) in [6.45, 7) is 3.94. The Bertz CT molecular complexity index is 782. The molecule has 0 spiro atoms. The number of benzene rings is 2. The van der Waals surface area contributed by atoms with Crippen LogP contribution in [-0.2, 0) is 11.3 Å². The Morgan fingerprint density at radius 1 is 1.08 bits per heavy atom. The SMILES string of the molecule is Cc1ccccc1OCC(=O)NCc1cccc(C(=O)N2CCCC2)c1. The van der Waals surface area contributed by atoms with Crippen LogP contribution in [-0.4, -0.2) is 36.4 Å². The predicted octanol–water partition coefficient (Wildman–Crippen LogP) is 2.93. The van der Waals surface area contributed by atoms with E-state index < -0.39 is 0 Å². The third kappa shape index (κ3) is 4.63. The van der Waals surface area contributed by atoms with Crippen molar-refractivity contribution in [3.05, 3.63) is 65.2 Å². The molecule has 136 valence electrons. The van der Waals surface area contributed by atoms with Gasteiger partial charge in [0, 0.05) is 25.2 Å². The highest BCUT2D eigenvalue weighted by Crippen LogP contribution is 2.16. The third-order valence-corrected chi connectivity index (χ3v) is 4.51. The van der Waals surface area contributed by atoms with Gasteiger partial charge in [-0.1, -0.05) is 30.3 Å². The van der Waals surface area contributed by atoms with Crippen LogP contribution in [0.2, 0.25) is 0 Å². The molecule has 1 saturated heterocycles. The van der Waals surface area contributed by atoms with E-state index in [1.54, 1.807) is 0 Å². The summed E-state index contributed by atoms with van der Waals surface area (Å²) < 4.78 is 5.54. The van der Waals surface area contributed by atoms with Crippen molar-refractivity contribution in [2.45, 2.75) is 26.3 Å². The lowest BCUT2D eigenvalue weighted by Crippen LogP contribution is -2.29. The van der Waals surface area contributed by atoms with Crippen molar-refractivity contribution in [2.75, 3.05) is 19.7 Å². The van der Waals surface area contributed by atoms with Gasteiger partial charge in [0.1, 0.15) is 5.75 Å². The number of ether oxygens (including phenoxy) is 1. The molecule has 0 bridgehead atoms. The molecule has 1 heterocycles. The molecule has 5 nitrogen and oxygen atoms in total. The van der Waals surface area contributed by atoms with Crippen molar-refractivity contribution in [2.24, 2.45) is 0 Å². The van der Waals surface area contributed by atoms with Gasteiger partial charge in [-0.3, -0.25) is 9.59 Å². The van der Waals surface area contributed by atoms with Crippen LogP contribution < -0.4 is 10.1 Å². The number of para-hydroxylation sites is 1. The molecule has 1 fully saturated rings. The Hall–Kier alpha value is -2.82. The molecule has 0 aliphatic carbocycles. The van der Waals surface area contributed by atoms with Gasteiger partial charge in [0.15, 0.2) is 6.61 Å². The summed E-state index contributed by atoms with van der Waals surface area (Å²) in [7, 11) is 0. The van der Waals surface area contributed by atoms with Gasteiger partial charge in [-0.25, -0.2) is 0 Å². The molecule has 3 rings (SSSR count). The van der Waals surface area contributed by atoms with Gasteiger partial charge < -0.3 is 15.0 Å². The fraction of sp³-hybridized carbons (Fsp3) is 0.333. The standard InChI is InChI=1S/C21H24N2O3/c1-16-7-2-3-10-19(16)26-15-20(24)22-14-17-8-6-9-18(13-17)21(25)23-11-4-5-12-23/h2-3,6-10,13H,4-5,11-12,14-15H2,1H3,(H,22,24). The second-order valence-electron chi connectivity index (χ2n) is 6.53. The molecular weight excluding hydrogens is 328 g/mol. The highest BCUT2D eigenvalue weighted by molar-refractivity contribution is 5.94. The molecule has 0 saturated carbocycles. The minimum absolute atomic E-state index is 0.0305. The average Bonchev–Trinajstić information content (AvgIpc) is 3.20. The van der Waals surface area contributed by atoms with Crippen LogP contribution in [0.25, 0.3) is 0 Å². The van der Waals surface area contributed by atoms with Gasteiger partial charge in [0.05, 0.1) is 0 Å². The first-order valence-electron chi connectivity index (χ1n) is 8.97. The van der Waals surface area contributed by atoms with Crippen molar-refractivity contribution in [1.29, 1.82) is 0 Å². The molecular formula is C21H24N2O3. The summed E-state index contributed by atoms with van der Waals surface area (Å²) in [4.78, 5) is 26.3. The zero-order chi connectivity index (χ0) is 18.4. The molecule has 0 aromatic heterocycles. The third-order valence-electron chi connectivity index (χ3n) is 4.51.